The van der Waals surface area contributed by atoms with Crippen molar-refractivity contribution in [2.24, 2.45) is 0 Å². The van der Waals surface area contributed by atoms with Crippen LogP contribution in [-0.2, 0) is 0 Å². The second-order valence-electron chi connectivity index (χ2n) is 3.26. The van der Waals surface area contributed by atoms with Crippen LogP contribution >= 0.6 is 23.2 Å². The molecule has 1 N–H and O–H groups in total. The van der Waals surface area contributed by atoms with E-state index in [0.29, 0.717) is 5.56 Å². The Morgan fingerprint density at radius 2 is 1.76 bits per heavy atom. The average Bonchev–Trinajstić information content (AvgIpc) is 2.15. The largest absolute Gasteiger partial charge is 0.401 e. The summed E-state index contributed by atoms with van der Waals surface area (Å²) in [5.74, 6) is 0. The van der Waals surface area contributed by atoms with Gasteiger partial charge < -0.3 is 0 Å². The number of nitrogens with one attached hydrogen (secondary N) is 1. The molecule has 1 aromatic carbocycles. The predicted octanol–water partition coefficient (Wildman–Crippen LogP) is 3.71. The number of rotatable bonds is 3. The number of halogens is 5. The van der Waals surface area contributed by atoms with Crippen molar-refractivity contribution >= 4 is 23.2 Å². The maximum Gasteiger partial charge on any atom is 0.401 e. The number of hydrogen-bond acceptors (Lipinski definition) is 2. The maximum absolute atomic E-state index is 12.0. The van der Waals surface area contributed by atoms with Crippen LogP contribution in [0.5, 0.6) is 0 Å². The second-order valence-corrected chi connectivity index (χ2v) is 4.13. The van der Waals surface area contributed by atoms with E-state index in [9.17, 15) is 13.2 Å². The Labute approximate surface area is 106 Å². The molecule has 0 aliphatic carbocycles. The van der Waals surface area contributed by atoms with Gasteiger partial charge in [0.15, 0.2) is 0 Å². The third kappa shape index (κ3) is 4.82. The van der Waals surface area contributed by atoms with Crippen molar-refractivity contribution in [3.05, 3.63) is 33.8 Å². The third-order valence-corrected chi connectivity index (χ3v) is 2.29. The van der Waals surface area contributed by atoms with E-state index < -0.39 is 18.8 Å². The fourth-order valence-corrected chi connectivity index (χ4v) is 1.74. The molecule has 0 aliphatic heterocycles. The van der Waals surface area contributed by atoms with Gasteiger partial charge in [0.05, 0.1) is 12.6 Å². The van der Waals surface area contributed by atoms with Crippen molar-refractivity contribution < 1.29 is 13.2 Å². The smallest absolute Gasteiger partial charge is 0.290 e. The molecule has 0 heterocycles. The molecule has 0 fully saturated rings. The fraction of sp³-hybridized carbons (Fsp3) is 0.300. The molecule has 0 bridgehead atoms. The van der Waals surface area contributed by atoms with Crippen molar-refractivity contribution in [3.8, 4) is 6.07 Å². The molecule has 7 heteroatoms. The van der Waals surface area contributed by atoms with Crippen LogP contribution in [0.4, 0.5) is 13.2 Å². The van der Waals surface area contributed by atoms with E-state index in [4.69, 9.17) is 28.5 Å². The first-order chi connectivity index (χ1) is 7.81. The summed E-state index contributed by atoms with van der Waals surface area (Å²) in [6.45, 7) is -1.25. The zero-order valence-corrected chi connectivity index (χ0v) is 9.87. The Hall–Kier alpha value is -0.960. The number of benzene rings is 1. The van der Waals surface area contributed by atoms with Gasteiger partial charge in [-0.05, 0) is 23.8 Å². The van der Waals surface area contributed by atoms with Crippen LogP contribution in [0.2, 0.25) is 10.0 Å². The van der Waals surface area contributed by atoms with Crippen LogP contribution in [0.3, 0.4) is 0 Å². The second kappa shape index (κ2) is 5.58. The number of nitriles is 1. The van der Waals surface area contributed by atoms with Gasteiger partial charge in [0.2, 0.25) is 0 Å². The zero-order valence-electron chi connectivity index (χ0n) is 8.35. The summed E-state index contributed by atoms with van der Waals surface area (Å²) >= 11 is 11.4. The van der Waals surface area contributed by atoms with E-state index in [1.54, 1.807) is 6.07 Å². The normalized spacial score (nSPS) is 13.2. The van der Waals surface area contributed by atoms with Crippen molar-refractivity contribution in [1.29, 1.82) is 5.26 Å². The Morgan fingerprint density at radius 1 is 1.24 bits per heavy atom. The Bertz CT molecular complexity index is 420. The van der Waals surface area contributed by atoms with Gasteiger partial charge in [0, 0.05) is 10.0 Å². The minimum Gasteiger partial charge on any atom is -0.290 e. The molecule has 0 saturated carbocycles. The lowest BCUT2D eigenvalue weighted by Crippen LogP contribution is -2.31. The van der Waals surface area contributed by atoms with Crippen molar-refractivity contribution in [2.45, 2.75) is 12.2 Å². The molecule has 1 aromatic rings. The first-order valence-corrected chi connectivity index (χ1v) is 5.23. The topological polar surface area (TPSA) is 35.8 Å². The standard InChI is InChI=1S/C10H7Cl2F3N2/c11-7-1-6(2-8(12)3-7)9(4-16)17-5-10(13,14)15/h1-3,9,17H,5H2. The summed E-state index contributed by atoms with van der Waals surface area (Å²) in [6.07, 6.45) is -4.38. The quantitative estimate of drug-likeness (QED) is 0.917. The lowest BCUT2D eigenvalue weighted by molar-refractivity contribution is -0.125. The molecule has 0 radical (unpaired) electrons. The summed E-state index contributed by atoms with van der Waals surface area (Å²) in [6, 6.07) is 4.84. The highest BCUT2D eigenvalue weighted by Crippen LogP contribution is 2.24. The zero-order chi connectivity index (χ0) is 13.1. The van der Waals surface area contributed by atoms with Gasteiger partial charge in [-0.2, -0.15) is 18.4 Å². The van der Waals surface area contributed by atoms with E-state index in [2.05, 4.69) is 5.32 Å². The van der Waals surface area contributed by atoms with E-state index in [-0.39, 0.29) is 10.0 Å². The van der Waals surface area contributed by atoms with Gasteiger partial charge in [-0.25, -0.2) is 0 Å². The van der Waals surface area contributed by atoms with Crippen LogP contribution in [0, 0.1) is 11.3 Å². The Balaban J connectivity index is 2.84. The molecule has 2 nitrogen and oxygen atoms in total. The highest BCUT2D eigenvalue weighted by atomic mass is 35.5. The van der Waals surface area contributed by atoms with E-state index in [0.717, 1.165) is 0 Å². The highest BCUT2D eigenvalue weighted by Gasteiger charge is 2.28. The minimum absolute atomic E-state index is 0.265. The van der Waals surface area contributed by atoms with Gasteiger partial charge in [-0.3, -0.25) is 5.32 Å². The van der Waals surface area contributed by atoms with E-state index >= 15 is 0 Å². The number of nitrogens with zero attached hydrogens (tertiary/aromatic N) is 1. The van der Waals surface area contributed by atoms with Gasteiger partial charge in [0.1, 0.15) is 6.04 Å². The summed E-state index contributed by atoms with van der Waals surface area (Å²) < 4.78 is 36.0. The van der Waals surface area contributed by atoms with Crippen LogP contribution in [-0.4, -0.2) is 12.7 Å². The minimum atomic E-state index is -4.38. The average molecular weight is 283 g/mol. The third-order valence-electron chi connectivity index (χ3n) is 1.85. The van der Waals surface area contributed by atoms with E-state index in [1.165, 1.54) is 18.2 Å². The molecule has 1 atom stereocenters. The molecule has 17 heavy (non-hydrogen) atoms. The van der Waals surface area contributed by atoms with Gasteiger partial charge in [-0.1, -0.05) is 23.2 Å². The van der Waals surface area contributed by atoms with Crippen LogP contribution in [0.25, 0.3) is 0 Å². The van der Waals surface area contributed by atoms with Crippen LogP contribution < -0.4 is 5.32 Å². The molecular weight excluding hydrogens is 276 g/mol. The summed E-state index contributed by atoms with van der Waals surface area (Å²) in [5.41, 5.74) is 0.300. The lowest BCUT2D eigenvalue weighted by atomic mass is 10.1. The number of hydrogen-bond donors (Lipinski definition) is 1. The molecule has 0 saturated heterocycles. The monoisotopic (exact) mass is 282 g/mol. The lowest BCUT2D eigenvalue weighted by Gasteiger charge is -2.14. The molecule has 1 rings (SSSR count). The molecule has 0 aromatic heterocycles. The van der Waals surface area contributed by atoms with Crippen molar-refractivity contribution in [1.82, 2.24) is 5.32 Å². The van der Waals surface area contributed by atoms with Crippen LogP contribution in [0.15, 0.2) is 18.2 Å². The Kier molecular flexibility index (Phi) is 4.63. The summed E-state index contributed by atoms with van der Waals surface area (Å²) in [5, 5.41) is 11.4. The van der Waals surface area contributed by atoms with Crippen molar-refractivity contribution in [3.63, 3.8) is 0 Å². The fourth-order valence-electron chi connectivity index (χ4n) is 1.20. The maximum atomic E-state index is 12.0. The highest BCUT2D eigenvalue weighted by molar-refractivity contribution is 6.34. The molecule has 0 spiro atoms. The van der Waals surface area contributed by atoms with Crippen LogP contribution in [0.1, 0.15) is 11.6 Å². The predicted molar refractivity (Wildman–Crippen MR) is 58.9 cm³/mol. The summed E-state index contributed by atoms with van der Waals surface area (Å²) in [7, 11) is 0. The SMILES string of the molecule is N#CC(NCC(F)(F)F)c1cc(Cl)cc(Cl)c1. The number of alkyl halides is 3. The van der Waals surface area contributed by atoms with E-state index in [1.807, 2.05) is 0 Å². The molecule has 0 aliphatic rings. The molecule has 92 valence electrons. The van der Waals surface area contributed by atoms with Gasteiger partial charge in [0.25, 0.3) is 0 Å². The molecular formula is C10H7Cl2F3N2. The van der Waals surface area contributed by atoms with Gasteiger partial charge >= 0.3 is 6.18 Å². The summed E-state index contributed by atoms with van der Waals surface area (Å²) in [4.78, 5) is 0. The Morgan fingerprint density at radius 3 is 2.18 bits per heavy atom. The first kappa shape index (κ1) is 14.1. The molecule has 1 unspecified atom stereocenters. The van der Waals surface area contributed by atoms with Crippen molar-refractivity contribution in [2.75, 3.05) is 6.54 Å². The first-order valence-electron chi connectivity index (χ1n) is 4.47. The van der Waals surface area contributed by atoms with Gasteiger partial charge in [-0.15, -0.1) is 0 Å². The molecule has 0 amide bonds.